The van der Waals surface area contributed by atoms with Gasteiger partial charge in [-0.05, 0) is 198 Å². The molecule has 3 aliphatic carbocycles. The van der Waals surface area contributed by atoms with Crippen LogP contribution in [-0.2, 0) is 37.9 Å². The normalized spacial score (nSPS) is 20.5. The summed E-state index contributed by atoms with van der Waals surface area (Å²) in [5, 5.41) is 0. The third-order valence-corrected chi connectivity index (χ3v) is 18.4. The maximum Gasteiger partial charge on any atom is 0.252 e. The van der Waals surface area contributed by atoms with Crippen LogP contribution in [-0.4, -0.2) is 6.71 Å². The summed E-state index contributed by atoms with van der Waals surface area (Å²) in [4.78, 5) is 5.50. The predicted octanol–water partition coefficient (Wildman–Crippen LogP) is 16.0. The molecule has 0 bridgehead atoms. The van der Waals surface area contributed by atoms with Crippen LogP contribution in [0, 0.1) is 13.8 Å². The molecule has 0 saturated heterocycles. The number of benzene rings is 6. The first-order chi connectivity index (χ1) is 31.6. The van der Waals surface area contributed by atoms with Crippen LogP contribution >= 0.6 is 0 Å². The minimum atomic E-state index is -0.109. The highest BCUT2D eigenvalue weighted by Crippen LogP contribution is 2.56. The van der Waals surface area contributed by atoms with Gasteiger partial charge >= 0.3 is 0 Å². The molecule has 0 N–H and O–H groups in total. The second kappa shape index (κ2) is 14.3. The molecule has 3 heteroatoms. The number of anilines is 6. The summed E-state index contributed by atoms with van der Waals surface area (Å²) in [7, 11) is 0. The maximum atomic E-state index is 2.77. The van der Waals surface area contributed by atoms with Crippen LogP contribution in [0.2, 0.25) is 0 Å². The Labute approximate surface area is 411 Å². The van der Waals surface area contributed by atoms with Crippen LogP contribution < -0.4 is 26.2 Å². The van der Waals surface area contributed by atoms with Crippen molar-refractivity contribution in [2.45, 2.75) is 188 Å². The molecule has 0 amide bonds. The van der Waals surface area contributed by atoms with Gasteiger partial charge in [0.25, 0.3) is 6.71 Å². The Morgan fingerprint density at radius 3 is 1.51 bits per heavy atom. The van der Waals surface area contributed by atoms with Crippen molar-refractivity contribution in [1.29, 1.82) is 0 Å². The standard InChI is InChI=1S/C65H77BN2/c1-39-31-45-47(62(10,11)29-27-60(45,6)7)36-52(39)68-54-37-48-46(61(8,9)28-30-63(48,12)13)35-50(54)66-49-25-23-42(41-21-19-18-20-22-41)32-53(49)67(55-33-43(59(3,4)5)34-56(68)58(55)66)51-26-24-44-57(40(51)2)65(16,17)38-64(44,14)15/h18-26,31-37H,27-30,38H2,1-17H3. The van der Waals surface area contributed by atoms with Gasteiger partial charge in [0.05, 0.1) is 0 Å². The van der Waals surface area contributed by atoms with Gasteiger partial charge in [0.1, 0.15) is 0 Å². The van der Waals surface area contributed by atoms with E-state index >= 15 is 0 Å². The Morgan fingerprint density at radius 2 is 0.941 bits per heavy atom. The van der Waals surface area contributed by atoms with Crippen LogP contribution in [0.25, 0.3) is 11.1 Å². The second-order valence-corrected chi connectivity index (χ2v) is 27.2. The van der Waals surface area contributed by atoms with Crippen molar-refractivity contribution in [3.8, 4) is 11.1 Å². The SMILES string of the molecule is Cc1cc2c(cc1N1c3cc4c(cc3B3c5ccc(-c6ccccc6)cc5N(c5ccc6c(c5C)C(C)(C)CC6(C)C)c5cc(C(C)(C)C)cc1c53)C(C)(C)CCC4(C)C)C(C)(C)CCC2(C)C. The van der Waals surface area contributed by atoms with E-state index in [1.54, 1.807) is 0 Å². The summed E-state index contributed by atoms with van der Waals surface area (Å²) in [6, 6.07) is 39.3. The van der Waals surface area contributed by atoms with Gasteiger partial charge in [0.15, 0.2) is 0 Å². The van der Waals surface area contributed by atoms with Crippen molar-refractivity contribution >= 4 is 57.2 Å². The van der Waals surface area contributed by atoms with Gasteiger partial charge in [-0.3, -0.25) is 0 Å². The molecule has 2 aliphatic heterocycles. The van der Waals surface area contributed by atoms with Crippen molar-refractivity contribution < 1.29 is 0 Å². The summed E-state index contributed by atoms with van der Waals surface area (Å²) in [5.41, 5.74) is 28.3. The lowest BCUT2D eigenvalue weighted by Crippen LogP contribution is -2.62. The third-order valence-electron chi connectivity index (χ3n) is 18.4. The summed E-state index contributed by atoms with van der Waals surface area (Å²) in [5.74, 6) is 0. The zero-order valence-electron chi connectivity index (χ0n) is 44.7. The summed E-state index contributed by atoms with van der Waals surface area (Å²) >= 11 is 0. The van der Waals surface area contributed by atoms with Crippen LogP contribution in [0.5, 0.6) is 0 Å². The van der Waals surface area contributed by atoms with E-state index in [4.69, 9.17) is 0 Å². The molecule has 2 heterocycles. The fraction of sp³-hybridized carbons (Fsp3) is 0.446. The molecule has 5 aliphatic rings. The van der Waals surface area contributed by atoms with Crippen LogP contribution in [0.15, 0.2) is 97.1 Å². The zero-order chi connectivity index (χ0) is 48.6. The number of nitrogens with zero attached hydrogens (tertiary/aromatic N) is 2. The van der Waals surface area contributed by atoms with Crippen LogP contribution in [0.1, 0.15) is 186 Å². The monoisotopic (exact) mass is 897 g/mol. The van der Waals surface area contributed by atoms with Crippen molar-refractivity contribution in [2.75, 3.05) is 9.80 Å². The molecule has 0 unspecified atom stereocenters. The van der Waals surface area contributed by atoms with Crippen molar-refractivity contribution in [3.05, 3.63) is 147 Å². The second-order valence-electron chi connectivity index (χ2n) is 27.2. The molecule has 68 heavy (non-hydrogen) atoms. The van der Waals surface area contributed by atoms with E-state index in [0.717, 1.165) is 6.42 Å². The summed E-state index contributed by atoms with van der Waals surface area (Å²) in [6.07, 6.45) is 5.89. The average Bonchev–Trinajstić information content (AvgIpc) is 3.46. The average molecular weight is 897 g/mol. The minimum absolute atomic E-state index is 0.0425. The topological polar surface area (TPSA) is 6.48 Å². The van der Waals surface area contributed by atoms with Gasteiger partial charge in [-0.1, -0.05) is 165 Å². The molecule has 0 aromatic heterocycles. The quantitative estimate of drug-likeness (QED) is 0.163. The highest BCUT2D eigenvalue weighted by molar-refractivity contribution is 7.00. The van der Waals surface area contributed by atoms with E-state index in [1.807, 2.05) is 0 Å². The van der Waals surface area contributed by atoms with Crippen molar-refractivity contribution in [3.63, 3.8) is 0 Å². The summed E-state index contributed by atoms with van der Waals surface area (Å²) < 4.78 is 0. The van der Waals surface area contributed by atoms with E-state index in [0.29, 0.717) is 0 Å². The zero-order valence-corrected chi connectivity index (χ0v) is 44.7. The Balaban J connectivity index is 1.30. The van der Waals surface area contributed by atoms with Crippen molar-refractivity contribution in [2.24, 2.45) is 0 Å². The number of rotatable bonds is 3. The molecular weight excluding hydrogens is 820 g/mol. The fourth-order valence-electron chi connectivity index (χ4n) is 14.4. The first-order valence-electron chi connectivity index (χ1n) is 26.1. The van der Waals surface area contributed by atoms with E-state index in [-0.39, 0.29) is 44.6 Å². The Hall–Kier alpha value is -5.02. The number of hydrogen-bond donors (Lipinski definition) is 0. The summed E-state index contributed by atoms with van der Waals surface area (Å²) in [6.45, 7) is 41.9. The molecule has 11 rings (SSSR count). The molecule has 0 fully saturated rings. The Kier molecular flexibility index (Phi) is 9.55. The lowest BCUT2D eigenvalue weighted by Gasteiger charge is -2.49. The molecule has 6 aromatic carbocycles. The Bertz CT molecular complexity index is 3110. The van der Waals surface area contributed by atoms with Gasteiger partial charge < -0.3 is 9.80 Å². The van der Waals surface area contributed by atoms with Gasteiger partial charge in [0, 0.05) is 34.1 Å². The molecule has 0 spiro atoms. The lowest BCUT2D eigenvalue weighted by atomic mass is 9.33. The molecule has 2 nitrogen and oxygen atoms in total. The predicted molar refractivity (Wildman–Crippen MR) is 295 cm³/mol. The minimum Gasteiger partial charge on any atom is -0.311 e. The van der Waals surface area contributed by atoms with E-state index in [1.165, 1.54) is 137 Å². The molecule has 0 atom stereocenters. The van der Waals surface area contributed by atoms with Gasteiger partial charge in [-0.25, -0.2) is 0 Å². The molecule has 6 aromatic rings. The van der Waals surface area contributed by atoms with E-state index in [2.05, 4.69) is 225 Å². The van der Waals surface area contributed by atoms with E-state index < -0.39 is 0 Å². The number of hydrogen-bond acceptors (Lipinski definition) is 2. The number of fused-ring (bicyclic) bond motifs is 7. The molecule has 350 valence electrons. The van der Waals surface area contributed by atoms with E-state index in [9.17, 15) is 0 Å². The highest BCUT2D eigenvalue weighted by Gasteiger charge is 2.49. The molecule has 0 saturated carbocycles. The third kappa shape index (κ3) is 6.55. The van der Waals surface area contributed by atoms with Gasteiger partial charge in [-0.15, -0.1) is 0 Å². The first-order valence-corrected chi connectivity index (χ1v) is 26.1. The highest BCUT2D eigenvalue weighted by atomic mass is 15.2. The number of aryl methyl sites for hydroxylation is 1. The van der Waals surface area contributed by atoms with Crippen LogP contribution in [0.3, 0.4) is 0 Å². The van der Waals surface area contributed by atoms with Crippen LogP contribution in [0.4, 0.5) is 34.1 Å². The first kappa shape index (κ1) is 45.4. The van der Waals surface area contributed by atoms with Gasteiger partial charge in [0.2, 0.25) is 0 Å². The van der Waals surface area contributed by atoms with Gasteiger partial charge in [-0.2, -0.15) is 0 Å². The maximum absolute atomic E-state index is 2.77. The van der Waals surface area contributed by atoms with Crippen molar-refractivity contribution in [1.82, 2.24) is 0 Å². The largest absolute Gasteiger partial charge is 0.311 e. The fourth-order valence-corrected chi connectivity index (χ4v) is 14.4. The Morgan fingerprint density at radius 1 is 0.426 bits per heavy atom. The molecule has 0 radical (unpaired) electrons. The lowest BCUT2D eigenvalue weighted by molar-refractivity contribution is 0.331. The molecular formula is C65H77BN2. The smallest absolute Gasteiger partial charge is 0.252 e.